The average Bonchev–Trinajstić information content (AvgIpc) is 2.37. The van der Waals surface area contributed by atoms with Crippen molar-refractivity contribution in [1.82, 2.24) is 9.88 Å². The van der Waals surface area contributed by atoms with Crippen LogP contribution in [0.4, 0.5) is 5.82 Å². The fourth-order valence-electron chi connectivity index (χ4n) is 1.92. The first-order valence-corrected chi connectivity index (χ1v) is 6.67. The van der Waals surface area contributed by atoms with Crippen molar-refractivity contribution in [3.8, 4) is 0 Å². The van der Waals surface area contributed by atoms with Crippen LogP contribution in [-0.4, -0.2) is 40.1 Å². The molecule has 1 rings (SSSR count). The summed E-state index contributed by atoms with van der Waals surface area (Å²) >= 11 is 0. The fraction of sp³-hybridized carbons (Fsp3) is 0.571. The van der Waals surface area contributed by atoms with Crippen LogP contribution in [0, 0.1) is 0 Å². The first kappa shape index (κ1) is 15.4. The van der Waals surface area contributed by atoms with Gasteiger partial charge in [-0.1, -0.05) is 6.92 Å². The Morgan fingerprint density at radius 2 is 2.16 bits per heavy atom. The Balaban J connectivity index is 2.98. The van der Waals surface area contributed by atoms with Crippen molar-refractivity contribution < 1.29 is 9.90 Å². The van der Waals surface area contributed by atoms with Crippen LogP contribution in [0.3, 0.4) is 0 Å². The molecule has 0 unspecified atom stereocenters. The molecule has 106 valence electrons. The molecule has 0 aliphatic rings. The van der Waals surface area contributed by atoms with Crippen molar-refractivity contribution in [2.75, 3.05) is 18.9 Å². The van der Waals surface area contributed by atoms with Crippen LogP contribution in [0.25, 0.3) is 0 Å². The van der Waals surface area contributed by atoms with Crippen molar-refractivity contribution in [3.63, 3.8) is 0 Å². The number of carbonyl (C=O) groups is 1. The number of pyridine rings is 1. The number of aliphatic hydroxyl groups is 1. The summed E-state index contributed by atoms with van der Waals surface area (Å²) in [5.74, 6) is 0.306. The van der Waals surface area contributed by atoms with Crippen LogP contribution < -0.4 is 5.73 Å². The first-order valence-electron chi connectivity index (χ1n) is 6.67. The quantitative estimate of drug-likeness (QED) is 0.816. The van der Waals surface area contributed by atoms with E-state index in [0.29, 0.717) is 24.3 Å². The molecule has 0 aliphatic heterocycles. The van der Waals surface area contributed by atoms with Crippen LogP contribution in [-0.2, 0) is 6.42 Å². The van der Waals surface area contributed by atoms with E-state index in [9.17, 15) is 4.79 Å². The Kier molecular flexibility index (Phi) is 5.76. The third kappa shape index (κ3) is 4.21. The first-order chi connectivity index (χ1) is 8.99. The van der Waals surface area contributed by atoms with E-state index in [2.05, 4.69) is 4.98 Å². The number of hydrogen-bond donors (Lipinski definition) is 2. The lowest BCUT2D eigenvalue weighted by molar-refractivity contribution is 0.0693. The van der Waals surface area contributed by atoms with Gasteiger partial charge in [-0.05, 0) is 38.8 Å². The third-order valence-corrected chi connectivity index (χ3v) is 2.95. The molecule has 0 atom stereocenters. The van der Waals surface area contributed by atoms with Gasteiger partial charge in [0.15, 0.2) is 0 Å². The largest absolute Gasteiger partial charge is 0.396 e. The van der Waals surface area contributed by atoms with Crippen molar-refractivity contribution >= 4 is 11.7 Å². The highest BCUT2D eigenvalue weighted by Gasteiger charge is 2.19. The molecule has 1 heterocycles. The second kappa shape index (κ2) is 7.09. The lowest BCUT2D eigenvalue weighted by Gasteiger charge is -2.26. The molecule has 0 spiro atoms. The maximum atomic E-state index is 12.5. The van der Waals surface area contributed by atoms with Gasteiger partial charge in [-0.15, -0.1) is 0 Å². The van der Waals surface area contributed by atoms with Gasteiger partial charge in [-0.2, -0.15) is 0 Å². The minimum Gasteiger partial charge on any atom is -0.396 e. The van der Waals surface area contributed by atoms with E-state index in [1.807, 2.05) is 20.8 Å². The van der Waals surface area contributed by atoms with Gasteiger partial charge in [0, 0.05) is 30.5 Å². The van der Waals surface area contributed by atoms with Crippen LogP contribution in [0.1, 0.15) is 43.2 Å². The lowest BCUT2D eigenvalue weighted by Crippen LogP contribution is -2.38. The summed E-state index contributed by atoms with van der Waals surface area (Å²) in [5.41, 5.74) is 7.11. The molecule has 0 aliphatic carbocycles. The van der Waals surface area contributed by atoms with Gasteiger partial charge in [0.25, 0.3) is 5.91 Å². The standard InChI is InChI=1S/C14H23N3O2/c1-4-12-8-11(9-13(15)16-12)14(19)17(10(2)3)6-5-7-18/h8-10,18H,4-7H2,1-3H3,(H2,15,16). The van der Waals surface area contributed by atoms with Crippen LogP contribution in [0.5, 0.6) is 0 Å². The summed E-state index contributed by atoms with van der Waals surface area (Å²) in [4.78, 5) is 18.4. The molecule has 5 nitrogen and oxygen atoms in total. The number of hydrogen-bond acceptors (Lipinski definition) is 4. The monoisotopic (exact) mass is 265 g/mol. The molecule has 0 bridgehead atoms. The van der Waals surface area contributed by atoms with Gasteiger partial charge >= 0.3 is 0 Å². The molecule has 0 saturated heterocycles. The number of rotatable bonds is 6. The highest BCUT2D eigenvalue weighted by molar-refractivity contribution is 5.95. The number of carbonyl (C=O) groups excluding carboxylic acids is 1. The Morgan fingerprint density at radius 3 is 2.68 bits per heavy atom. The number of amides is 1. The molecular weight excluding hydrogens is 242 g/mol. The lowest BCUT2D eigenvalue weighted by atomic mass is 10.1. The fourth-order valence-corrected chi connectivity index (χ4v) is 1.92. The van der Waals surface area contributed by atoms with E-state index >= 15 is 0 Å². The molecule has 0 saturated carbocycles. The SMILES string of the molecule is CCc1cc(C(=O)N(CCCO)C(C)C)cc(N)n1. The summed E-state index contributed by atoms with van der Waals surface area (Å²) in [6.45, 7) is 6.51. The molecule has 0 fully saturated rings. The van der Waals surface area contributed by atoms with E-state index in [4.69, 9.17) is 10.8 Å². The summed E-state index contributed by atoms with van der Waals surface area (Å²) in [7, 11) is 0. The zero-order valence-corrected chi connectivity index (χ0v) is 11.9. The van der Waals surface area contributed by atoms with Crippen molar-refractivity contribution in [2.24, 2.45) is 0 Å². The van der Waals surface area contributed by atoms with Crippen molar-refractivity contribution in [3.05, 3.63) is 23.4 Å². The Morgan fingerprint density at radius 1 is 1.47 bits per heavy atom. The van der Waals surface area contributed by atoms with E-state index in [1.165, 1.54) is 0 Å². The number of nitrogens with two attached hydrogens (primary N) is 1. The molecule has 3 N–H and O–H groups in total. The van der Waals surface area contributed by atoms with Crippen LogP contribution in [0.2, 0.25) is 0 Å². The van der Waals surface area contributed by atoms with Gasteiger partial charge in [0.2, 0.25) is 0 Å². The molecular formula is C14H23N3O2. The van der Waals surface area contributed by atoms with Gasteiger partial charge in [0.1, 0.15) is 5.82 Å². The van der Waals surface area contributed by atoms with E-state index in [-0.39, 0.29) is 18.6 Å². The molecule has 19 heavy (non-hydrogen) atoms. The molecule has 0 radical (unpaired) electrons. The highest BCUT2D eigenvalue weighted by atomic mass is 16.3. The predicted octanol–water partition coefficient (Wildman–Crippen LogP) is 1.46. The van der Waals surface area contributed by atoms with Gasteiger partial charge in [0.05, 0.1) is 0 Å². The second-order valence-corrected chi connectivity index (χ2v) is 4.80. The topological polar surface area (TPSA) is 79.5 Å². The Hall–Kier alpha value is -1.62. The predicted molar refractivity (Wildman–Crippen MR) is 75.9 cm³/mol. The number of nitrogen functional groups attached to an aromatic ring is 1. The maximum Gasteiger partial charge on any atom is 0.254 e. The number of anilines is 1. The summed E-state index contributed by atoms with van der Waals surface area (Å²) in [6, 6.07) is 3.47. The number of aliphatic hydroxyl groups excluding tert-OH is 1. The van der Waals surface area contributed by atoms with Crippen LogP contribution in [0.15, 0.2) is 12.1 Å². The molecule has 1 amide bonds. The minimum atomic E-state index is -0.0627. The van der Waals surface area contributed by atoms with Crippen molar-refractivity contribution in [2.45, 2.75) is 39.7 Å². The molecule has 5 heteroatoms. The summed E-state index contributed by atoms with van der Waals surface area (Å²) < 4.78 is 0. The maximum absolute atomic E-state index is 12.5. The van der Waals surface area contributed by atoms with Gasteiger partial charge < -0.3 is 15.7 Å². The Bertz CT molecular complexity index is 433. The molecule has 1 aromatic heterocycles. The summed E-state index contributed by atoms with van der Waals surface area (Å²) in [6.07, 6.45) is 1.31. The third-order valence-electron chi connectivity index (χ3n) is 2.95. The van der Waals surface area contributed by atoms with Gasteiger partial charge in [-0.3, -0.25) is 4.79 Å². The number of aromatic nitrogens is 1. The van der Waals surface area contributed by atoms with Crippen molar-refractivity contribution in [1.29, 1.82) is 0 Å². The second-order valence-electron chi connectivity index (χ2n) is 4.80. The van der Waals surface area contributed by atoms with E-state index in [1.54, 1.807) is 17.0 Å². The summed E-state index contributed by atoms with van der Waals surface area (Å²) in [5, 5.41) is 8.91. The number of nitrogens with zero attached hydrogens (tertiary/aromatic N) is 2. The van der Waals surface area contributed by atoms with Gasteiger partial charge in [-0.25, -0.2) is 4.98 Å². The van der Waals surface area contributed by atoms with E-state index in [0.717, 1.165) is 12.1 Å². The zero-order valence-electron chi connectivity index (χ0n) is 11.9. The molecule has 1 aromatic rings. The normalized spacial score (nSPS) is 10.8. The Labute approximate surface area is 114 Å². The smallest absolute Gasteiger partial charge is 0.254 e. The van der Waals surface area contributed by atoms with Crippen LogP contribution >= 0.6 is 0 Å². The van der Waals surface area contributed by atoms with E-state index < -0.39 is 0 Å². The zero-order chi connectivity index (χ0) is 14.4. The minimum absolute atomic E-state index is 0.0627. The average molecular weight is 265 g/mol. The highest BCUT2D eigenvalue weighted by Crippen LogP contribution is 2.13. The molecule has 0 aromatic carbocycles. The number of aryl methyl sites for hydroxylation is 1.